The lowest BCUT2D eigenvalue weighted by Gasteiger charge is -2.32. The Kier molecular flexibility index (Phi) is 18.5. The van der Waals surface area contributed by atoms with Gasteiger partial charge in [0.2, 0.25) is 0 Å². The minimum Gasteiger partial charge on any atom is -0.306 e. The molecule has 1 aromatic heterocycles. The molecule has 2 unspecified atom stereocenters. The Bertz CT molecular complexity index is 1320. The van der Waals surface area contributed by atoms with Gasteiger partial charge in [0.25, 0.3) is 0 Å². The molecule has 2 atom stereocenters. The van der Waals surface area contributed by atoms with Gasteiger partial charge in [0, 0.05) is 11.1 Å². The summed E-state index contributed by atoms with van der Waals surface area (Å²) in [5.74, 6) is 1.83. The largest absolute Gasteiger partial charge is 0.306 e. The summed E-state index contributed by atoms with van der Waals surface area (Å²) in [6, 6.07) is 14.7. The molecule has 0 bridgehead atoms. The molecular formula is C42H66BN3. The van der Waals surface area contributed by atoms with Crippen molar-refractivity contribution in [1.82, 2.24) is 14.9 Å². The van der Waals surface area contributed by atoms with E-state index in [9.17, 15) is 0 Å². The van der Waals surface area contributed by atoms with Gasteiger partial charge in [0.15, 0.2) is 0 Å². The van der Waals surface area contributed by atoms with Crippen LogP contribution in [-0.2, 0) is 12.8 Å². The van der Waals surface area contributed by atoms with E-state index in [1.54, 1.807) is 5.57 Å². The molecule has 0 saturated heterocycles. The fraction of sp³-hybridized carbons (Fsp3) is 0.619. The van der Waals surface area contributed by atoms with Gasteiger partial charge < -0.3 is 4.90 Å². The summed E-state index contributed by atoms with van der Waals surface area (Å²) >= 11 is 0. The maximum atomic E-state index is 5.53. The Hall–Kier alpha value is -2.46. The molecule has 46 heavy (non-hydrogen) atoms. The summed E-state index contributed by atoms with van der Waals surface area (Å²) in [7, 11) is 7.86. The van der Waals surface area contributed by atoms with Gasteiger partial charge in [-0.15, -0.1) is 0 Å². The van der Waals surface area contributed by atoms with E-state index in [1.807, 2.05) is 39.0 Å². The van der Waals surface area contributed by atoms with E-state index in [1.165, 1.54) is 100 Å². The van der Waals surface area contributed by atoms with Crippen LogP contribution in [0.2, 0.25) is 0 Å². The molecule has 3 nitrogen and oxygen atoms in total. The highest BCUT2D eigenvalue weighted by molar-refractivity contribution is 6.32. The first-order chi connectivity index (χ1) is 22.2. The highest BCUT2D eigenvalue weighted by atomic mass is 15.1. The number of aryl methyl sites for hydroxylation is 4. The van der Waals surface area contributed by atoms with Gasteiger partial charge in [-0.25, -0.2) is 9.97 Å². The summed E-state index contributed by atoms with van der Waals surface area (Å²) in [5, 5.41) is 1.19. The van der Waals surface area contributed by atoms with E-state index in [0.717, 1.165) is 41.3 Å². The highest BCUT2D eigenvalue weighted by Crippen LogP contribution is 2.53. The fourth-order valence-corrected chi connectivity index (χ4v) is 6.38. The second-order valence-electron chi connectivity index (χ2n) is 13.8. The zero-order valence-corrected chi connectivity index (χ0v) is 31.2. The van der Waals surface area contributed by atoms with E-state index < -0.39 is 0 Å². The van der Waals surface area contributed by atoms with Crippen molar-refractivity contribution >= 4 is 24.2 Å². The number of unbranched alkanes of at least 4 members (excludes halogenated alkanes) is 5. The predicted molar refractivity (Wildman–Crippen MR) is 205 cm³/mol. The Labute approximate surface area is 285 Å². The second kappa shape index (κ2) is 21.4. The van der Waals surface area contributed by atoms with E-state index in [0.29, 0.717) is 5.41 Å². The van der Waals surface area contributed by atoms with Crippen molar-refractivity contribution in [3.8, 4) is 0 Å². The molecule has 2 radical (unpaired) electrons. The number of nitrogens with zero attached hydrogens (tertiary/aromatic N) is 3. The van der Waals surface area contributed by atoms with Gasteiger partial charge in [-0.3, -0.25) is 0 Å². The first kappa shape index (κ1) is 39.7. The maximum Gasteiger partial charge on any atom is 0.126 e. The van der Waals surface area contributed by atoms with E-state index in [-0.39, 0.29) is 0 Å². The standard InChI is InChI=1S/C29H43N3.C8H9B.C3H8.C2H6/c1-22-27-13-12-24(19-28(27)31-23(2)30-22)11-9-7-5-6-8-10-17-32(4)18-16-29(3)15-14-25-20-26(25)21-29;1-2-7-4-3-5-8(9)6-7;1-3-2;1-2/h12-14,19,26H,5-11,15-18,20-21H2,1-4H3;3-6H,2H2,1H3;3H2,1-2H3;1-2H3. The molecule has 5 rings (SSSR count). The van der Waals surface area contributed by atoms with Crippen molar-refractivity contribution in [1.29, 1.82) is 0 Å². The molecule has 1 heterocycles. The van der Waals surface area contributed by atoms with Crippen LogP contribution in [0.15, 0.2) is 54.1 Å². The second-order valence-corrected chi connectivity index (χ2v) is 13.8. The minimum absolute atomic E-state index is 0.564. The summed E-state index contributed by atoms with van der Waals surface area (Å²) in [4.78, 5) is 11.7. The minimum atomic E-state index is 0.564. The van der Waals surface area contributed by atoms with Crippen LogP contribution in [0.1, 0.15) is 135 Å². The number of rotatable bonds is 13. The Morgan fingerprint density at radius 3 is 2.22 bits per heavy atom. The average molecular weight is 624 g/mol. The van der Waals surface area contributed by atoms with Gasteiger partial charge in [0.05, 0.1) is 5.52 Å². The summed E-state index contributed by atoms with van der Waals surface area (Å²) in [5.41, 5.74) is 8.08. The molecule has 0 amide bonds. The molecule has 0 N–H and O–H groups in total. The maximum absolute atomic E-state index is 5.53. The van der Waals surface area contributed by atoms with Crippen LogP contribution >= 0.6 is 0 Å². The van der Waals surface area contributed by atoms with E-state index in [4.69, 9.17) is 7.85 Å². The number of hydrogen-bond donors (Lipinski definition) is 0. The van der Waals surface area contributed by atoms with Crippen LogP contribution in [0.5, 0.6) is 0 Å². The normalized spacial score (nSPS) is 17.9. The van der Waals surface area contributed by atoms with Crippen molar-refractivity contribution in [2.45, 2.75) is 139 Å². The van der Waals surface area contributed by atoms with Gasteiger partial charge in [-0.1, -0.05) is 127 Å². The van der Waals surface area contributed by atoms with Crippen molar-refractivity contribution in [3.05, 3.63) is 76.8 Å². The molecule has 2 aliphatic rings. The zero-order valence-electron chi connectivity index (χ0n) is 31.2. The highest BCUT2D eigenvalue weighted by Gasteiger charge is 2.40. The van der Waals surface area contributed by atoms with Crippen LogP contribution in [0.3, 0.4) is 0 Å². The lowest BCUT2D eigenvalue weighted by atomic mass is 9.76. The van der Waals surface area contributed by atoms with Crippen LogP contribution < -0.4 is 5.46 Å². The third-order valence-electron chi connectivity index (χ3n) is 9.22. The molecule has 252 valence electrons. The van der Waals surface area contributed by atoms with Crippen molar-refractivity contribution < 1.29 is 0 Å². The van der Waals surface area contributed by atoms with Crippen LogP contribution in [0.4, 0.5) is 0 Å². The smallest absolute Gasteiger partial charge is 0.126 e. The molecule has 0 spiro atoms. The monoisotopic (exact) mass is 624 g/mol. The number of hydrogen-bond acceptors (Lipinski definition) is 3. The quantitative estimate of drug-likeness (QED) is 0.108. The third-order valence-corrected chi connectivity index (χ3v) is 9.22. The SMILES string of the molecule is CC.CCC.Cc1nc(C)c2ccc(CCCCCCCCN(C)CCC3(C)CC=C4CC4C3)cc2n1.[B]c1cccc(CC)c1. The zero-order chi connectivity index (χ0) is 34.0. The molecule has 0 aliphatic heterocycles. The molecule has 1 fully saturated rings. The van der Waals surface area contributed by atoms with E-state index in [2.05, 4.69) is 86.9 Å². The van der Waals surface area contributed by atoms with Gasteiger partial charge in [-0.05, 0) is 114 Å². The van der Waals surface area contributed by atoms with Crippen LogP contribution in [-0.4, -0.2) is 42.9 Å². The molecule has 1 saturated carbocycles. The molecule has 3 aromatic rings. The van der Waals surface area contributed by atoms with Crippen molar-refractivity contribution in [3.63, 3.8) is 0 Å². The van der Waals surface area contributed by atoms with Crippen LogP contribution in [0, 0.1) is 25.2 Å². The first-order valence-corrected chi connectivity index (χ1v) is 18.6. The lowest BCUT2D eigenvalue weighted by molar-refractivity contribution is 0.205. The van der Waals surface area contributed by atoms with E-state index >= 15 is 0 Å². The van der Waals surface area contributed by atoms with Crippen LogP contribution in [0.25, 0.3) is 10.9 Å². The summed E-state index contributed by atoms with van der Waals surface area (Å²) in [6.45, 7) is 19.5. The molecule has 4 heteroatoms. The fourth-order valence-electron chi connectivity index (χ4n) is 6.38. The number of allylic oxidation sites excluding steroid dienone is 2. The molecule has 2 aliphatic carbocycles. The Balaban J connectivity index is 0.000000441. The summed E-state index contributed by atoms with van der Waals surface area (Å²) in [6.07, 6.45) is 19.6. The Morgan fingerprint density at radius 1 is 0.870 bits per heavy atom. The number of fused-ring (bicyclic) bond motifs is 2. The van der Waals surface area contributed by atoms with Crippen molar-refractivity contribution in [2.75, 3.05) is 20.1 Å². The number of aromatic nitrogens is 2. The van der Waals surface area contributed by atoms with Gasteiger partial charge >= 0.3 is 0 Å². The molecule has 2 aromatic carbocycles. The van der Waals surface area contributed by atoms with Crippen molar-refractivity contribution in [2.24, 2.45) is 11.3 Å². The first-order valence-electron chi connectivity index (χ1n) is 18.6. The average Bonchev–Trinajstić information content (AvgIpc) is 3.81. The van der Waals surface area contributed by atoms with Gasteiger partial charge in [0.1, 0.15) is 13.7 Å². The predicted octanol–water partition coefficient (Wildman–Crippen LogP) is 10.7. The third kappa shape index (κ3) is 14.5. The number of benzene rings is 2. The lowest BCUT2D eigenvalue weighted by Crippen LogP contribution is -2.28. The summed E-state index contributed by atoms with van der Waals surface area (Å²) < 4.78 is 0. The molecular weight excluding hydrogens is 557 g/mol. The van der Waals surface area contributed by atoms with Gasteiger partial charge in [-0.2, -0.15) is 0 Å². The Morgan fingerprint density at radius 2 is 1.57 bits per heavy atom. The topological polar surface area (TPSA) is 29.0 Å².